The Morgan fingerprint density at radius 3 is 2.32 bits per heavy atom. The van der Waals surface area contributed by atoms with E-state index >= 15 is 0 Å². The minimum Gasteiger partial charge on any atom is -0.351 e. The summed E-state index contributed by atoms with van der Waals surface area (Å²) in [5, 5.41) is 23.9. The van der Waals surface area contributed by atoms with Gasteiger partial charge < -0.3 is 15.1 Å². The molecule has 2 heterocycles. The van der Waals surface area contributed by atoms with Crippen LogP contribution in [-0.2, 0) is 17.9 Å². The van der Waals surface area contributed by atoms with Gasteiger partial charge in [-0.15, -0.1) is 0 Å². The molecular weight excluding hydrogens is 555 g/mol. The summed E-state index contributed by atoms with van der Waals surface area (Å²) in [6, 6.07) is 15.7. The van der Waals surface area contributed by atoms with E-state index < -0.39 is 0 Å². The molecular formula is C32H38Cl2N6O. The lowest BCUT2D eigenvalue weighted by atomic mass is 10.0. The van der Waals surface area contributed by atoms with Gasteiger partial charge in [0, 0.05) is 54.4 Å². The van der Waals surface area contributed by atoms with Crippen molar-refractivity contribution in [2.75, 3.05) is 31.5 Å². The lowest BCUT2D eigenvalue weighted by molar-refractivity contribution is -0.117. The average Bonchev–Trinajstić information content (AvgIpc) is 3.34. The van der Waals surface area contributed by atoms with Gasteiger partial charge >= 0.3 is 0 Å². The molecule has 41 heavy (non-hydrogen) atoms. The zero-order valence-electron chi connectivity index (χ0n) is 23.9. The number of likely N-dealkylation sites (tertiary alicyclic amines) is 1. The number of aryl methyl sites for hydroxylation is 1. The molecule has 2 aliphatic rings. The van der Waals surface area contributed by atoms with Gasteiger partial charge in [-0.1, -0.05) is 55.1 Å². The quantitative estimate of drug-likeness (QED) is 0.303. The SMILES string of the molecule is CCCC(CC(=O)Nc1cc(CN2CCCCC2)ccc1C)N1CCN(Cc2cc(Cl)cc(Cl)c2)C1=C(C#N)C#N. The van der Waals surface area contributed by atoms with Gasteiger partial charge in [-0.3, -0.25) is 9.69 Å². The highest BCUT2D eigenvalue weighted by atomic mass is 35.5. The van der Waals surface area contributed by atoms with Gasteiger partial charge in [-0.2, -0.15) is 10.5 Å². The molecule has 1 atom stereocenters. The van der Waals surface area contributed by atoms with E-state index in [1.165, 1.54) is 24.8 Å². The number of benzene rings is 2. The fourth-order valence-corrected chi connectivity index (χ4v) is 6.45. The summed E-state index contributed by atoms with van der Waals surface area (Å²) >= 11 is 12.5. The molecule has 0 aromatic heterocycles. The van der Waals surface area contributed by atoms with Crippen molar-refractivity contribution in [1.29, 1.82) is 10.5 Å². The van der Waals surface area contributed by atoms with Crippen molar-refractivity contribution in [2.45, 2.75) is 71.5 Å². The number of anilines is 1. The molecule has 9 heteroatoms. The number of rotatable bonds is 10. The number of nitrogens with zero attached hydrogens (tertiary/aromatic N) is 5. The van der Waals surface area contributed by atoms with Crippen LogP contribution in [0.4, 0.5) is 5.69 Å². The van der Waals surface area contributed by atoms with E-state index in [1.54, 1.807) is 6.07 Å². The van der Waals surface area contributed by atoms with Crippen LogP contribution >= 0.6 is 23.2 Å². The molecule has 7 nitrogen and oxygen atoms in total. The number of piperidine rings is 1. The summed E-state index contributed by atoms with van der Waals surface area (Å²) in [6.07, 6.45) is 5.66. The van der Waals surface area contributed by atoms with Crippen LogP contribution < -0.4 is 5.32 Å². The molecule has 216 valence electrons. The first-order chi connectivity index (χ1) is 19.8. The standard InChI is InChI=1S/C32H38Cl2N6O/c1-3-7-29(18-31(41)37-30-16-24(9-8-23(30)2)21-38-10-5-4-6-11-38)40-13-12-39(32(40)26(19-35)20-36)22-25-14-27(33)17-28(34)15-25/h8-9,14-17,29H,3-7,10-13,18,21-22H2,1-2H3,(H,37,41). The second kappa shape index (κ2) is 14.6. The zero-order valence-corrected chi connectivity index (χ0v) is 25.4. The minimum absolute atomic E-state index is 0.0402. The number of nitrogens with one attached hydrogen (secondary N) is 1. The minimum atomic E-state index is -0.156. The van der Waals surface area contributed by atoms with Gasteiger partial charge in [0.1, 0.15) is 18.0 Å². The molecule has 0 bridgehead atoms. The highest BCUT2D eigenvalue weighted by Crippen LogP contribution is 2.31. The van der Waals surface area contributed by atoms with Crippen molar-refractivity contribution in [3.05, 3.63) is 74.5 Å². The largest absolute Gasteiger partial charge is 0.351 e. The topological polar surface area (TPSA) is 86.4 Å². The summed E-state index contributed by atoms with van der Waals surface area (Å²) in [6.45, 7) is 8.90. The van der Waals surface area contributed by atoms with Gasteiger partial charge in [0.15, 0.2) is 5.57 Å². The fraction of sp³-hybridized carbons (Fsp3) is 0.469. The summed E-state index contributed by atoms with van der Waals surface area (Å²) in [5.74, 6) is 0.494. The molecule has 2 fully saturated rings. The van der Waals surface area contributed by atoms with Gasteiger partial charge in [0.05, 0.1) is 0 Å². The first-order valence-corrected chi connectivity index (χ1v) is 15.2. The number of hydrogen-bond donors (Lipinski definition) is 1. The average molecular weight is 594 g/mol. The molecule has 2 aliphatic heterocycles. The maximum atomic E-state index is 13.4. The van der Waals surface area contributed by atoms with E-state index in [9.17, 15) is 15.3 Å². The van der Waals surface area contributed by atoms with E-state index in [4.69, 9.17) is 23.2 Å². The third-order valence-electron chi connectivity index (χ3n) is 7.84. The third-order valence-corrected chi connectivity index (χ3v) is 8.28. The van der Waals surface area contributed by atoms with Crippen molar-refractivity contribution in [1.82, 2.24) is 14.7 Å². The summed E-state index contributed by atoms with van der Waals surface area (Å²) < 4.78 is 0. The molecule has 1 N–H and O–H groups in total. The number of allylic oxidation sites excluding steroid dienone is 1. The molecule has 0 spiro atoms. The molecule has 2 saturated heterocycles. The highest BCUT2D eigenvalue weighted by molar-refractivity contribution is 6.34. The van der Waals surface area contributed by atoms with Crippen molar-refractivity contribution < 1.29 is 4.79 Å². The lowest BCUT2D eigenvalue weighted by Crippen LogP contribution is -2.37. The number of amides is 1. The molecule has 1 unspecified atom stereocenters. The van der Waals surface area contributed by atoms with E-state index in [1.807, 2.05) is 24.0 Å². The summed E-state index contributed by atoms with van der Waals surface area (Å²) in [4.78, 5) is 20.0. The summed E-state index contributed by atoms with van der Waals surface area (Å²) in [5.41, 5.74) is 4.00. The second-order valence-corrected chi connectivity index (χ2v) is 11.9. The number of hydrogen-bond acceptors (Lipinski definition) is 6. The van der Waals surface area contributed by atoms with E-state index in [0.717, 1.165) is 49.3 Å². The van der Waals surface area contributed by atoms with E-state index in [-0.39, 0.29) is 23.9 Å². The molecule has 0 radical (unpaired) electrons. The molecule has 0 saturated carbocycles. The molecule has 2 aromatic rings. The normalized spacial score (nSPS) is 16.3. The Morgan fingerprint density at radius 2 is 1.66 bits per heavy atom. The van der Waals surface area contributed by atoms with Crippen LogP contribution in [0.3, 0.4) is 0 Å². The van der Waals surface area contributed by atoms with Crippen LogP contribution in [0, 0.1) is 29.6 Å². The Kier molecular flexibility index (Phi) is 10.9. The van der Waals surface area contributed by atoms with Crippen molar-refractivity contribution in [2.24, 2.45) is 0 Å². The molecule has 0 aliphatic carbocycles. The maximum Gasteiger partial charge on any atom is 0.226 e. The third kappa shape index (κ3) is 8.17. The Balaban J connectivity index is 1.51. The fourth-order valence-electron chi connectivity index (χ4n) is 5.88. The van der Waals surface area contributed by atoms with Crippen molar-refractivity contribution in [3.8, 4) is 12.1 Å². The highest BCUT2D eigenvalue weighted by Gasteiger charge is 2.34. The van der Waals surface area contributed by atoms with Crippen LogP contribution in [0.2, 0.25) is 10.0 Å². The van der Waals surface area contributed by atoms with Crippen LogP contribution in [-0.4, -0.2) is 52.8 Å². The van der Waals surface area contributed by atoms with Crippen molar-refractivity contribution >= 4 is 34.8 Å². The Labute approximate surface area is 253 Å². The first-order valence-electron chi connectivity index (χ1n) is 14.4. The predicted molar refractivity (Wildman–Crippen MR) is 164 cm³/mol. The van der Waals surface area contributed by atoms with Gasteiger partial charge in [0.25, 0.3) is 0 Å². The van der Waals surface area contributed by atoms with E-state index in [2.05, 4.69) is 52.4 Å². The second-order valence-electron chi connectivity index (χ2n) is 11.0. The Hall–Kier alpha value is -3.23. The maximum absolute atomic E-state index is 13.4. The number of halogens is 2. The molecule has 1 amide bonds. The van der Waals surface area contributed by atoms with E-state index in [0.29, 0.717) is 35.5 Å². The van der Waals surface area contributed by atoms with Crippen LogP contribution in [0.5, 0.6) is 0 Å². The van der Waals surface area contributed by atoms with Crippen LogP contribution in [0.25, 0.3) is 0 Å². The number of nitriles is 2. The van der Waals surface area contributed by atoms with Crippen LogP contribution in [0.15, 0.2) is 47.8 Å². The van der Waals surface area contributed by atoms with Crippen LogP contribution in [0.1, 0.15) is 62.1 Å². The van der Waals surface area contributed by atoms with Crippen molar-refractivity contribution in [3.63, 3.8) is 0 Å². The Morgan fingerprint density at radius 1 is 0.951 bits per heavy atom. The monoisotopic (exact) mass is 592 g/mol. The van der Waals surface area contributed by atoms with Gasteiger partial charge in [-0.25, -0.2) is 0 Å². The number of carbonyl (C=O) groups is 1. The Bertz CT molecular complexity index is 1320. The first kappa shape index (κ1) is 30.7. The smallest absolute Gasteiger partial charge is 0.226 e. The zero-order chi connectivity index (χ0) is 29.4. The molecule has 4 rings (SSSR count). The number of carbonyl (C=O) groups excluding carboxylic acids is 1. The van der Waals surface area contributed by atoms with Gasteiger partial charge in [-0.05, 0) is 80.2 Å². The summed E-state index contributed by atoms with van der Waals surface area (Å²) in [7, 11) is 0. The predicted octanol–water partition coefficient (Wildman–Crippen LogP) is 6.86. The van der Waals surface area contributed by atoms with Gasteiger partial charge in [0.2, 0.25) is 5.91 Å². The molecule has 2 aromatic carbocycles. The lowest BCUT2D eigenvalue weighted by Gasteiger charge is -2.32.